The minimum absolute atomic E-state index is 0.302. The molecule has 4 rings (SSSR count). The van der Waals surface area contributed by atoms with E-state index in [0.717, 1.165) is 16.7 Å². The van der Waals surface area contributed by atoms with Crippen LogP contribution in [0.15, 0.2) is 67.0 Å². The third kappa shape index (κ3) is 3.53. The van der Waals surface area contributed by atoms with E-state index in [9.17, 15) is 9.59 Å². The standard InChI is InChI=1S/C22H21N3O3/c1-22(13-16-7-4-5-10-19(16)20(26)28-22)21(27)23-14-17-8-2-3-9-18(17)15-25-12-6-11-24-25/h2-12H,13-15H2,1H3,(H,23,27)/t22-/m1/s1. The number of hydrogen-bond donors (Lipinski definition) is 1. The van der Waals surface area contributed by atoms with Crippen molar-refractivity contribution in [3.8, 4) is 0 Å². The van der Waals surface area contributed by atoms with Crippen LogP contribution in [0.3, 0.4) is 0 Å². The number of esters is 1. The van der Waals surface area contributed by atoms with Crippen LogP contribution in [0.2, 0.25) is 0 Å². The molecule has 28 heavy (non-hydrogen) atoms. The van der Waals surface area contributed by atoms with Crippen molar-refractivity contribution in [2.24, 2.45) is 0 Å². The van der Waals surface area contributed by atoms with Crippen LogP contribution in [-0.2, 0) is 29.0 Å². The summed E-state index contributed by atoms with van der Waals surface area (Å²) in [4.78, 5) is 25.2. The number of benzene rings is 2. The molecule has 0 fully saturated rings. The molecule has 3 aromatic rings. The molecule has 1 aromatic heterocycles. The maximum atomic E-state index is 12.9. The van der Waals surface area contributed by atoms with Gasteiger partial charge >= 0.3 is 5.97 Å². The maximum absolute atomic E-state index is 12.9. The molecule has 1 aliphatic heterocycles. The summed E-state index contributed by atoms with van der Waals surface area (Å²) in [5.74, 6) is -0.761. The summed E-state index contributed by atoms with van der Waals surface area (Å²) in [5, 5.41) is 7.17. The van der Waals surface area contributed by atoms with Crippen molar-refractivity contribution in [2.75, 3.05) is 0 Å². The molecule has 6 heteroatoms. The first-order chi connectivity index (χ1) is 13.5. The Kier molecular flexibility index (Phi) is 4.69. The molecular formula is C22H21N3O3. The zero-order valence-corrected chi connectivity index (χ0v) is 15.6. The van der Waals surface area contributed by atoms with Gasteiger partial charge in [-0.1, -0.05) is 42.5 Å². The first-order valence-corrected chi connectivity index (χ1v) is 9.19. The Balaban J connectivity index is 1.47. The van der Waals surface area contributed by atoms with Crippen LogP contribution in [0.25, 0.3) is 0 Å². The second-order valence-corrected chi connectivity index (χ2v) is 7.11. The van der Waals surface area contributed by atoms with Crippen LogP contribution >= 0.6 is 0 Å². The van der Waals surface area contributed by atoms with Crippen LogP contribution in [0.4, 0.5) is 0 Å². The topological polar surface area (TPSA) is 73.2 Å². The van der Waals surface area contributed by atoms with Gasteiger partial charge in [0, 0.05) is 25.4 Å². The van der Waals surface area contributed by atoms with Gasteiger partial charge in [0.2, 0.25) is 0 Å². The minimum atomic E-state index is -1.22. The number of aromatic nitrogens is 2. The third-order valence-corrected chi connectivity index (χ3v) is 5.01. The van der Waals surface area contributed by atoms with Crippen molar-refractivity contribution in [2.45, 2.75) is 32.0 Å². The van der Waals surface area contributed by atoms with Crippen molar-refractivity contribution >= 4 is 11.9 Å². The van der Waals surface area contributed by atoms with Gasteiger partial charge in [-0.15, -0.1) is 0 Å². The molecule has 6 nitrogen and oxygen atoms in total. The molecule has 0 unspecified atom stereocenters. The molecule has 0 bridgehead atoms. The molecule has 0 spiro atoms. The van der Waals surface area contributed by atoms with Gasteiger partial charge in [-0.25, -0.2) is 4.79 Å². The smallest absolute Gasteiger partial charge is 0.339 e. The Labute approximate surface area is 163 Å². The first-order valence-electron chi connectivity index (χ1n) is 9.19. The van der Waals surface area contributed by atoms with Gasteiger partial charge in [0.05, 0.1) is 12.1 Å². The fourth-order valence-electron chi connectivity index (χ4n) is 3.47. The van der Waals surface area contributed by atoms with Crippen LogP contribution < -0.4 is 5.32 Å². The number of fused-ring (bicyclic) bond motifs is 1. The van der Waals surface area contributed by atoms with E-state index in [-0.39, 0.29) is 5.91 Å². The summed E-state index contributed by atoms with van der Waals surface area (Å²) in [6.45, 7) is 2.63. The van der Waals surface area contributed by atoms with Gasteiger partial charge in [0.1, 0.15) is 0 Å². The van der Waals surface area contributed by atoms with Crippen molar-refractivity contribution in [3.05, 3.63) is 89.2 Å². The zero-order valence-electron chi connectivity index (χ0n) is 15.6. The van der Waals surface area contributed by atoms with E-state index in [2.05, 4.69) is 10.4 Å². The molecule has 1 amide bonds. The summed E-state index contributed by atoms with van der Waals surface area (Å²) >= 11 is 0. The average Bonchev–Trinajstić information content (AvgIpc) is 3.20. The fourth-order valence-corrected chi connectivity index (χ4v) is 3.47. The molecule has 1 atom stereocenters. The van der Waals surface area contributed by atoms with Gasteiger partial charge < -0.3 is 10.1 Å². The number of carbonyl (C=O) groups is 2. The van der Waals surface area contributed by atoms with E-state index >= 15 is 0 Å². The SMILES string of the molecule is C[C@]1(C(=O)NCc2ccccc2Cn2cccn2)Cc2ccccc2C(=O)O1. The van der Waals surface area contributed by atoms with Crippen molar-refractivity contribution in [1.29, 1.82) is 0 Å². The molecule has 1 aliphatic rings. The Bertz CT molecular complexity index is 1010. The van der Waals surface area contributed by atoms with E-state index in [1.54, 1.807) is 25.3 Å². The van der Waals surface area contributed by atoms with E-state index in [1.165, 1.54) is 0 Å². The number of nitrogens with zero attached hydrogens (tertiary/aromatic N) is 2. The normalized spacial score (nSPS) is 18.2. The van der Waals surface area contributed by atoms with E-state index in [4.69, 9.17) is 4.74 Å². The van der Waals surface area contributed by atoms with Gasteiger partial charge in [0.15, 0.2) is 5.60 Å². The van der Waals surface area contributed by atoms with Crippen LogP contribution in [0, 0.1) is 0 Å². The lowest BCUT2D eigenvalue weighted by atomic mass is 9.89. The Hall–Kier alpha value is -3.41. The van der Waals surface area contributed by atoms with Crippen LogP contribution in [0.5, 0.6) is 0 Å². The van der Waals surface area contributed by atoms with Gasteiger partial charge in [-0.3, -0.25) is 9.48 Å². The molecule has 0 saturated heterocycles. The maximum Gasteiger partial charge on any atom is 0.339 e. The second kappa shape index (κ2) is 7.31. The monoisotopic (exact) mass is 375 g/mol. The second-order valence-electron chi connectivity index (χ2n) is 7.11. The quantitative estimate of drug-likeness (QED) is 0.696. The fraction of sp³-hybridized carbons (Fsp3) is 0.227. The summed E-state index contributed by atoms with van der Waals surface area (Å²) in [6.07, 6.45) is 3.99. The highest BCUT2D eigenvalue weighted by molar-refractivity contribution is 5.97. The highest BCUT2D eigenvalue weighted by Crippen LogP contribution is 2.28. The lowest BCUT2D eigenvalue weighted by molar-refractivity contribution is -0.140. The molecular weight excluding hydrogens is 354 g/mol. The molecule has 0 radical (unpaired) electrons. The van der Waals surface area contributed by atoms with E-state index < -0.39 is 11.6 Å². The van der Waals surface area contributed by atoms with Gasteiger partial charge in [-0.2, -0.15) is 5.10 Å². The Morgan fingerprint density at radius 2 is 1.89 bits per heavy atom. The number of cyclic esters (lactones) is 1. The lowest BCUT2D eigenvalue weighted by Crippen LogP contribution is -2.51. The number of carbonyl (C=O) groups excluding carboxylic acids is 2. The predicted molar refractivity (Wildman–Crippen MR) is 104 cm³/mol. The van der Waals surface area contributed by atoms with Crippen LogP contribution in [0.1, 0.15) is 34.0 Å². The summed E-state index contributed by atoms with van der Waals surface area (Å²) in [7, 11) is 0. The molecule has 0 aliphatic carbocycles. The van der Waals surface area contributed by atoms with Crippen molar-refractivity contribution in [1.82, 2.24) is 15.1 Å². The summed E-state index contributed by atoms with van der Waals surface area (Å²) in [5.41, 5.74) is 2.20. The Morgan fingerprint density at radius 1 is 1.14 bits per heavy atom. The molecule has 142 valence electrons. The number of hydrogen-bond acceptors (Lipinski definition) is 4. The van der Waals surface area contributed by atoms with Gasteiger partial charge in [-0.05, 0) is 35.7 Å². The largest absolute Gasteiger partial charge is 0.445 e. The number of ether oxygens (including phenoxy) is 1. The van der Waals surface area contributed by atoms with E-state index in [1.807, 2.05) is 53.3 Å². The van der Waals surface area contributed by atoms with E-state index in [0.29, 0.717) is 25.1 Å². The highest BCUT2D eigenvalue weighted by atomic mass is 16.6. The molecule has 2 heterocycles. The Morgan fingerprint density at radius 3 is 2.68 bits per heavy atom. The van der Waals surface area contributed by atoms with Crippen molar-refractivity contribution < 1.29 is 14.3 Å². The molecule has 0 saturated carbocycles. The molecule has 2 aromatic carbocycles. The predicted octanol–water partition coefficient (Wildman–Crippen LogP) is 2.72. The third-order valence-electron chi connectivity index (χ3n) is 5.01. The zero-order chi connectivity index (χ0) is 19.6. The number of amides is 1. The summed E-state index contributed by atoms with van der Waals surface area (Å²) in [6, 6.07) is 17.0. The number of rotatable bonds is 5. The number of nitrogens with one attached hydrogen (secondary N) is 1. The average molecular weight is 375 g/mol. The van der Waals surface area contributed by atoms with Gasteiger partial charge in [0.25, 0.3) is 5.91 Å². The minimum Gasteiger partial charge on any atom is -0.445 e. The first kappa shape index (κ1) is 18.0. The van der Waals surface area contributed by atoms with Crippen LogP contribution in [-0.4, -0.2) is 27.3 Å². The van der Waals surface area contributed by atoms with Crippen molar-refractivity contribution in [3.63, 3.8) is 0 Å². The highest BCUT2D eigenvalue weighted by Gasteiger charge is 2.42. The lowest BCUT2D eigenvalue weighted by Gasteiger charge is -2.33. The summed E-state index contributed by atoms with van der Waals surface area (Å²) < 4.78 is 7.34. The molecule has 1 N–H and O–H groups in total.